The Kier molecular flexibility index (Phi) is 6.83. The van der Waals surface area contributed by atoms with Crippen molar-refractivity contribution in [3.8, 4) is 5.75 Å². The lowest BCUT2D eigenvalue weighted by molar-refractivity contribution is -0.139. The van der Waals surface area contributed by atoms with Gasteiger partial charge < -0.3 is 14.4 Å². The SMILES string of the molecule is CCCC1=C(C(=O)OCC)[C@@H](c2c(OC)ccc3ccccc23)n2c(s/c(=C3\C(=O)N(C)c4ccccc43)c2=O)=N1. The molecule has 2 aliphatic rings. The van der Waals surface area contributed by atoms with E-state index in [1.54, 1.807) is 26.0 Å². The molecule has 2 aliphatic heterocycles. The molecule has 208 valence electrons. The highest BCUT2D eigenvalue weighted by Crippen LogP contribution is 2.41. The zero-order chi connectivity index (χ0) is 28.8. The number of carbonyl (C=O) groups excluding carboxylic acids is 2. The van der Waals surface area contributed by atoms with Crippen LogP contribution in [0.3, 0.4) is 0 Å². The molecule has 0 aliphatic carbocycles. The Morgan fingerprint density at radius 1 is 1.02 bits per heavy atom. The van der Waals surface area contributed by atoms with Gasteiger partial charge in [0.1, 0.15) is 16.3 Å². The summed E-state index contributed by atoms with van der Waals surface area (Å²) in [5.41, 5.74) is 2.94. The second-order valence-corrected chi connectivity index (χ2v) is 10.9. The molecule has 0 saturated carbocycles. The summed E-state index contributed by atoms with van der Waals surface area (Å²) in [6.07, 6.45) is 1.25. The average Bonchev–Trinajstić information content (AvgIpc) is 3.43. The van der Waals surface area contributed by atoms with Crippen LogP contribution in [0.15, 0.2) is 81.7 Å². The number of anilines is 1. The Morgan fingerprint density at radius 2 is 1.78 bits per heavy atom. The van der Waals surface area contributed by atoms with Gasteiger partial charge in [0.25, 0.3) is 11.5 Å². The Bertz CT molecular complexity index is 1950. The van der Waals surface area contributed by atoms with Crippen LogP contribution in [0.2, 0.25) is 0 Å². The number of benzene rings is 3. The standard InChI is InChI=1S/C32H29N3O5S/c1-5-11-21-26(31(38)40-6-2)27(24-19-13-8-7-12-18(19)16-17-23(24)39-4)35-30(37)28(41-32(35)33-21)25-20-14-9-10-15-22(20)34(3)29(25)36/h7-10,12-17,27H,5-6,11H2,1-4H3/b28-25-/t27-/m1/s1. The van der Waals surface area contributed by atoms with Gasteiger partial charge in [-0.25, -0.2) is 9.79 Å². The third-order valence-corrected chi connectivity index (χ3v) is 8.63. The van der Waals surface area contributed by atoms with Gasteiger partial charge in [-0.05, 0) is 36.2 Å². The van der Waals surface area contributed by atoms with Gasteiger partial charge in [-0.15, -0.1) is 0 Å². The van der Waals surface area contributed by atoms with Gasteiger partial charge in [0, 0.05) is 18.2 Å². The summed E-state index contributed by atoms with van der Waals surface area (Å²) in [6, 6.07) is 18.2. The highest BCUT2D eigenvalue weighted by molar-refractivity contribution is 7.07. The number of rotatable bonds is 6. The number of carbonyl (C=O) groups is 2. The molecule has 41 heavy (non-hydrogen) atoms. The van der Waals surface area contributed by atoms with Crippen LogP contribution in [-0.4, -0.2) is 37.2 Å². The van der Waals surface area contributed by atoms with E-state index in [1.165, 1.54) is 15.9 Å². The molecule has 1 atom stereocenters. The normalized spacial score (nSPS) is 17.4. The van der Waals surface area contributed by atoms with Crippen LogP contribution in [0, 0.1) is 0 Å². The number of amides is 1. The lowest BCUT2D eigenvalue weighted by Gasteiger charge is -2.28. The van der Waals surface area contributed by atoms with Crippen molar-refractivity contribution < 1.29 is 19.1 Å². The van der Waals surface area contributed by atoms with Crippen LogP contribution in [0.5, 0.6) is 5.75 Å². The van der Waals surface area contributed by atoms with Crippen LogP contribution in [-0.2, 0) is 14.3 Å². The molecule has 6 rings (SSSR count). The van der Waals surface area contributed by atoms with Gasteiger partial charge in [-0.1, -0.05) is 73.2 Å². The number of esters is 1. The molecule has 0 spiro atoms. The molecule has 1 aromatic heterocycles. The lowest BCUT2D eigenvalue weighted by atomic mass is 9.90. The maximum absolute atomic E-state index is 14.5. The molecule has 1 amide bonds. The summed E-state index contributed by atoms with van der Waals surface area (Å²) >= 11 is 1.17. The maximum atomic E-state index is 14.5. The molecule has 0 bridgehead atoms. The number of nitrogens with zero attached hydrogens (tertiary/aromatic N) is 3. The van der Waals surface area contributed by atoms with E-state index >= 15 is 0 Å². The number of hydrogen-bond acceptors (Lipinski definition) is 7. The molecule has 0 N–H and O–H groups in total. The summed E-state index contributed by atoms with van der Waals surface area (Å²) < 4.78 is 13.2. The van der Waals surface area contributed by atoms with Crippen molar-refractivity contribution in [1.29, 1.82) is 0 Å². The van der Waals surface area contributed by atoms with Gasteiger partial charge in [0.15, 0.2) is 4.80 Å². The molecule has 8 nitrogen and oxygen atoms in total. The number of thiazole rings is 1. The highest BCUT2D eigenvalue weighted by atomic mass is 32.1. The van der Waals surface area contributed by atoms with Gasteiger partial charge in [0.05, 0.1) is 36.2 Å². The van der Waals surface area contributed by atoms with E-state index in [1.807, 2.05) is 67.6 Å². The first kappa shape index (κ1) is 26.7. The molecular formula is C32H29N3O5S. The van der Waals surface area contributed by atoms with E-state index in [-0.39, 0.29) is 22.6 Å². The fourth-order valence-electron chi connectivity index (χ4n) is 5.77. The number of likely N-dealkylation sites (N-methyl/N-ethyl adjacent to an activating group) is 1. The van der Waals surface area contributed by atoms with Crippen LogP contribution in [0.25, 0.3) is 16.3 Å². The molecular weight excluding hydrogens is 538 g/mol. The summed E-state index contributed by atoms with van der Waals surface area (Å²) in [5.74, 6) is -0.248. The van der Waals surface area contributed by atoms with Crippen LogP contribution in [0.1, 0.15) is 43.9 Å². The number of hydrogen-bond donors (Lipinski definition) is 0. The monoisotopic (exact) mass is 567 g/mol. The van der Waals surface area contributed by atoms with Crippen LogP contribution < -0.4 is 24.5 Å². The zero-order valence-corrected chi connectivity index (χ0v) is 24.1. The predicted octanol–water partition coefficient (Wildman–Crippen LogP) is 4.09. The van der Waals surface area contributed by atoms with Gasteiger partial charge >= 0.3 is 5.97 Å². The fraction of sp³-hybridized carbons (Fsp3) is 0.250. The Hall–Kier alpha value is -4.50. The number of fused-ring (bicyclic) bond motifs is 3. The van der Waals surface area contributed by atoms with E-state index in [9.17, 15) is 14.4 Å². The molecule has 3 heterocycles. The van der Waals surface area contributed by atoms with Crippen LogP contribution in [0.4, 0.5) is 5.69 Å². The third-order valence-electron chi connectivity index (χ3n) is 7.57. The Balaban J connectivity index is 1.76. The van der Waals surface area contributed by atoms with E-state index < -0.39 is 12.0 Å². The first-order chi connectivity index (χ1) is 19.9. The molecule has 0 fully saturated rings. The largest absolute Gasteiger partial charge is 0.496 e. The van der Waals surface area contributed by atoms with Crippen LogP contribution >= 0.6 is 11.3 Å². The van der Waals surface area contributed by atoms with Crippen molar-refractivity contribution in [2.24, 2.45) is 4.99 Å². The summed E-state index contributed by atoms with van der Waals surface area (Å²) in [6.45, 7) is 3.94. The van der Waals surface area contributed by atoms with Gasteiger partial charge in [-0.3, -0.25) is 14.2 Å². The number of methoxy groups -OCH3 is 1. The topological polar surface area (TPSA) is 90.2 Å². The Labute approximate surface area is 240 Å². The quantitative estimate of drug-likeness (QED) is 0.328. The average molecular weight is 568 g/mol. The molecule has 9 heteroatoms. The van der Waals surface area contributed by atoms with Crippen molar-refractivity contribution in [1.82, 2.24) is 4.57 Å². The second-order valence-electron chi connectivity index (χ2n) is 9.89. The molecule has 4 aromatic rings. The third kappa shape index (κ3) is 4.11. The molecule has 3 aromatic carbocycles. The van der Waals surface area contributed by atoms with Gasteiger partial charge in [0.2, 0.25) is 0 Å². The van der Waals surface area contributed by atoms with E-state index in [0.717, 1.165) is 22.9 Å². The first-order valence-electron chi connectivity index (χ1n) is 13.6. The zero-order valence-electron chi connectivity index (χ0n) is 23.3. The van der Waals surface area contributed by atoms with Crippen molar-refractivity contribution in [2.75, 3.05) is 25.7 Å². The van der Waals surface area contributed by atoms with E-state index in [2.05, 4.69) is 0 Å². The first-order valence-corrected chi connectivity index (χ1v) is 14.4. The minimum absolute atomic E-state index is 0.174. The molecule has 0 unspecified atom stereocenters. The molecule has 0 radical (unpaired) electrons. The predicted molar refractivity (Wildman–Crippen MR) is 159 cm³/mol. The lowest BCUT2D eigenvalue weighted by Crippen LogP contribution is -2.41. The minimum Gasteiger partial charge on any atom is -0.496 e. The summed E-state index contributed by atoms with van der Waals surface area (Å²) in [4.78, 5) is 48.5. The van der Waals surface area contributed by atoms with Gasteiger partial charge in [-0.2, -0.15) is 0 Å². The number of allylic oxidation sites excluding steroid dienone is 1. The van der Waals surface area contributed by atoms with E-state index in [4.69, 9.17) is 14.5 Å². The number of ether oxygens (including phenoxy) is 2. The van der Waals surface area contributed by atoms with Crippen molar-refractivity contribution in [3.05, 3.63) is 103 Å². The smallest absolute Gasteiger partial charge is 0.338 e. The van der Waals surface area contributed by atoms with Crippen molar-refractivity contribution >= 4 is 45.2 Å². The second kappa shape index (κ2) is 10.5. The number of aromatic nitrogens is 1. The highest BCUT2D eigenvalue weighted by Gasteiger charge is 2.38. The maximum Gasteiger partial charge on any atom is 0.338 e. The summed E-state index contributed by atoms with van der Waals surface area (Å²) in [7, 11) is 3.28. The summed E-state index contributed by atoms with van der Waals surface area (Å²) in [5, 5.41) is 1.78. The van der Waals surface area contributed by atoms with Crippen molar-refractivity contribution in [3.63, 3.8) is 0 Å². The van der Waals surface area contributed by atoms with E-state index in [0.29, 0.717) is 44.9 Å². The molecule has 0 saturated heterocycles. The fourth-order valence-corrected chi connectivity index (χ4v) is 6.88. The Morgan fingerprint density at radius 3 is 2.54 bits per heavy atom. The van der Waals surface area contributed by atoms with Crippen molar-refractivity contribution in [2.45, 2.75) is 32.7 Å². The number of para-hydroxylation sites is 1. The minimum atomic E-state index is -0.869.